The lowest BCUT2D eigenvalue weighted by Crippen LogP contribution is -2.38. The number of carbonyl (C=O) groups excluding carboxylic acids is 2. The summed E-state index contributed by atoms with van der Waals surface area (Å²) in [5.41, 5.74) is 1.36. The first-order chi connectivity index (χ1) is 16.7. The molecule has 1 aliphatic rings. The van der Waals surface area contributed by atoms with Gasteiger partial charge >= 0.3 is 5.97 Å². The van der Waals surface area contributed by atoms with E-state index in [1.807, 2.05) is 0 Å². The maximum absolute atomic E-state index is 13.5. The highest BCUT2D eigenvalue weighted by Gasteiger charge is 2.30. The van der Waals surface area contributed by atoms with E-state index in [1.165, 1.54) is 48.8 Å². The highest BCUT2D eigenvalue weighted by molar-refractivity contribution is 7.92. The summed E-state index contributed by atoms with van der Waals surface area (Å²) < 4.78 is 32.9. The minimum absolute atomic E-state index is 0.00531. The van der Waals surface area contributed by atoms with Gasteiger partial charge in [-0.25, -0.2) is 13.2 Å². The minimum atomic E-state index is -4.14. The molecule has 0 saturated heterocycles. The monoisotopic (exact) mass is 552 g/mol. The van der Waals surface area contributed by atoms with E-state index in [4.69, 9.17) is 27.9 Å². The second kappa shape index (κ2) is 10.6. The number of aryl methyl sites for hydroxylation is 1. The van der Waals surface area contributed by atoms with E-state index in [0.29, 0.717) is 10.6 Å². The maximum atomic E-state index is 13.5. The molecule has 0 saturated carbocycles. The number of anilines is 2. The molecule has 7 nitrogen and oxygen atoms in total. The Labute approximate surface area is 217 Å². The molecule has 0 radical (unpaired) electrons. The van der Waals surface area contributed by atoms with Crippen molar-refractivity contribution in [3.8, 4) is 0 Å². The molecule has 0 unspecified atom stereocenters. The van der Waals surface area contributed by atoms with Gasteiger partial charge in [0.15, 0.2) is 0 Å². The van der Waals surface area contributed by atoms with Gasteiger partial charge in [-0.1, -0.05) is 41.4 Å². The van der Waals surface area contributed by atoms with Crippen molar-refractivity contribution in [2.24, 2.45) is 0 Å². The lowest BCUT2D eigenvalue weighted by Gasteiger charge is -2.24. The van der Waals surface area contributed by atoms with Crippen LogP contribution in [0.1, 0.15) is 33.6 Å². The Balaban J connectivity index is 1.70. The molecular formula is C24H22Cl2N2O5S2. The third kappa shape index (κ3) is 5.48. The van der Waals surface area contributed by atoms with E-state index < -0.39 is 28.4 Å². The van der Waals surface area contributed by atoms with Crippen molar-refractivity contribution in [2.75, 3.05) is 23.3 Å². The molecular weight excluding hydrogens is 531 g/mol. The van der Waals surface area contributed by atoms with Gasteiger partial charge in [0.25, 0.3) is 10.0 Å². The predicted molar refractivity (Wildman–Crippen MR) is 138 cm³/mol. The van der Waals surface area contributed by atoms with E-state index in [1.54, 1.807) is 18.2 Å². The molecule has 1 heterocycles. The molecule has 2 aromatic carbocycles. The molecule has 0 atom stereocenters. The molecule has 1 aliphatic carbocycles. The van der Waals surface area contributed by atoms with Gasteiger partial charge in [-0.2, -0.15) is 0 Å². The van der Waals surface area contributed by atoms with Crippen LogP contribution in [0.25, 0.3) is 0 Å². The van der Waals surface area contributed by atoms with E-state index in [2.05, 4.69) is 5.32 Å². The summed E-state index contributed by atoms with van der Waals surface area (Å²) in [5.74, 6) is -1.15. The molecule has 4 rings (SSSR count). The summed E-state index contributed by atoms with van der Waals surface area (Å²) in [5, 5.41) is 3.54. The number of ether oxygens (including phenoxy) is 1. The Morgan fingerprint density at radius 3 is 2.37 bits per heavy atom. The van der Waals surface area contributed by atoms with Gasteiger partial charge in [0.05, 0.1) is 23.3 Å². The van der Waals surface area contributed by atoms with Crippen molar-refractivity contribution in [1.29, 1.82) is 0 Å². The highest BCUT2D eigenvalue weighted by Crippen LogP contribution is 2.39. The van der Waals surface area contributed by atoms with Crippen LogP contribution in [0, 0.1) is 0 Å². The third-order valence-corrected chi connectivity index (χ3v) is 9.00. The highest BCUT2D eigenvalue weighted by atomic mass is 35.5. The average Bonchev–Trinajstić information content (AvgIpc) is 3.19. The zero-order chi connectivity index (χ0) is 25.2. The molecule has 0 spiro atoms. The summed E-state index contributed by atoms with van der Waals surface area (Å²) in [6.45, 7) is -0.558. The van der Waals surface area contributed by atoms with Crippen LogP contribution in [0.3, 0.4) is 0 Å². The van der Waals surface area contributed by atoms with Crippen LogP contribution in [0.2, 0.25) is 10.0 Å². The Kier molecular flexibility index (Phi) is 7.70. The number of hydrogen-bond donors (Lipinski definition) is 1. The summed E-state index contributed by atoms with van der Waals surface area (Å²) in [7, 11) is -2.85. The molecule has 0 fully saturated rings. The van der Waals surface area contributed by atoms with Gasteiger partial charge in [-0.15, -0.1) is 11.3 Å². The molecule has 35 heavy (non-hydrogen) atoms. The summed E-state index contributed by atoms with van der Waals surface area (Å²) in [6.07, 6.45) is 3.48. The number of halogens is 2. The van der Waals surface area contributed by atoms with Gasteiger partial charge in [0, 0.05) is 14.9 Å². The number of hydrogen-bond acceptors (Lipinski definition) is 6. The van der Waals surface area contributed by atoms with Crippen molar-refractivity contribution < 1.29 is 22.7 Å². The number of rotatable bonds is 7. The van der Waals surface area contributed by atoms with Crippen molar-refractivity contribution in [3.05, 3.63) is 74.6 Å². The number of nitrogens with zero attached hydrogens (tertiary/aromatic N) is 1. The maximum Gasteiger partial charge on any atom is 0.341 e. The lowest BCUT2D eigenvalue weighted by molar-refractivity contribution is -0.114. The largest absolute Gasteiger partial charge is 0.465 e. The number of thiophene rings is 1. The Morgan fingerprint density at radius 1 is 1.06 bits per heavy atom. The fourth-order valence-corrected chi connectivity index (χ4v) is 7.22. The van der Waals surface area contributed by atoms with Gasteiger partial charge in [0.2, 0.25) is 5.91 Å². The average molecular weight is 553 g/mol. The summed E-state index contributed by atoms with van der Waals surface area (Å²) in [4.78, 5) is 26.7. The van der Waals surface area contributed by atoms with Gasteiger partial charge in [-0.3, -0.25) is 9.10 Å². The fraction of sp³-hybridized carbons (Fsp3) is 0.250. The lowest BCUT2D eigenvalue weighted by atomic mass is 9.95. The van der Waals surface area contributed by atoms with Crippen molar-refractivity contribution in [1.82, 2.24) is 0 Å². The molecule has 1 N–H and O–H groups in total. The Morgan fingerprint density at radius 2 is 1.71 bits per heavy atom. The van der Waals surface area contributed by atoms with Crippen molar-refractivity contribution in [3.63, 3.8) is 0 Å². The Bertz CT molecular complexity index is 1350. The number of sulfonamides is 1. The molecule has 1 amide bonds. The predicted octanol–water partition coefficient (Wildman–Crippen LogP) is 5.55. The smallest absolute Gasteiger partial charge is 0.341 e. The molecule has 11 heteroatoms. The number of carbonyl (C=O) groups is 2. The van der Waals surface area contributed by atoms with Crippen LogP contribution in [-0.2, 0) is 32.4 Å². The van der Waals surface area contributed by atoms with Gasteiger partial charge in [-0.05, 0) is 61.6 Å². The van der Waals surface area contributed by atoms with Crippen LogP contribution in [0.15, 0.2) is 53.4 Å². The zero-order valence-corrected chi connectivity index (χ0v) is 21.9. The molecule has 0 aliphatic heterocycles. The Hall–Kier alpha value is -2.59. The second-order valence-electron chi connectivity index (χ2n) is 7.91. The first-order valence-corrected chi connectivity index (χ1v) is 13.8. The summed E-state index contributed by atoms with van der Waals surface area (Å²) >= 11 is 13.6. The fourth-order valence-electron chi connectivity index (χ4n) is 3.99. The number of fused-ring (bicyclic) bond motifs is 1. The van der Waals surface area contributed by atoms with Crippen LogP contribution in [0.4, 0.5) is 10.7 Å². The van der Waals surface area contributed by atoms with Crippen LogP contribution in [0.5, 0.6) is 0 Å². The number of benzene rings is 2. The molecule has 1 aromatic heterocycles. The van der Waals surface area contributed by atoms with Crippen LogP contribution >= 0.6 is 34.5 Å². The topological polar surface area (TPSA) is 92.8 Å². The number of methoxy groups -OCH3 is 1. The van der Waals surface area contributed by atoms with Gasteiger partial charge in [0.1, 0.15) is 11.5 Å². The zero-order valence-electron chi connectivity index (χ0n) is 18.7. The summed E-state index contributed by atoms with van der Waals surface area (Å²) in [6, 6.07) is 12.1. The first kappa shape index (κ1) is 25.5. The minimum Gasteiger partial charge on any atom is -0.465 e. The molecule has 184 valence electrons. The van der Waals surface area contributed by atoms with E-state index in [0.717, 1.165) is 40.4 Å². The van der Waals surface area contributed by atoms with E-state index >= 15 is 0 Å². The van der Waals surface area contributed by atoms with Crippen molar-refractivity contribution >= 4 is 67.1 Å². The normalized spacial score (nSPS) is 13.1. The quantitative estimate of drug-likeness (QED) is 0.387. The number of amides is 1. The third-order valence-electron chi connectivity index (χ3n) is 5.57. The van der Waals surface area contributed by atoms with E-state index in [9.17, 15) is 18.0 Å². The van der Waals surface area contributed by atoms with Gasteiger partial charge < -0.3 is 10.1 Å². The van der Waals surface area contributed by atoms with E-state index in [-0.39, 0.29) is 20.6 Å². The number of esters is 1. The first-order valence-electron chi connectivity index (χ1n) is 10.8. The number of nitrogens with one attached hydrogen (secondary N) is 1. The molecule has 3 aromatic rings. The van der Waals surface area contributed by atoms with Crippen molar-refractivity contribution in [2.45, 2.75) is 30.6 Å². The van der Waals surface area contributed by atoms with Crippen LogP contribution < -0.4 is 9.62 Å². The standard InChI is InChI=1S/C24H22Cl2N2O5S2/c1-33-24(30)22-19-9-5-6-10-20(19)34-23(22)27-21(29)14-28(17-12-15(25)11-16(26)13-17)35(31,32)18-7-3-2-4-8-18/h2-4,7-8,11-13H,5-6,9-10,14H2,1H3,(H,27,29). The SMILES string of the molecule is COC(=O)c1c(NC(=O)CN(c2cc(Cl)cc(Cl)c2)S(=O)(=O)c2ccccc2)sc2c1CCCC2. The van der Waals surface area contributed by atoms with Crippen LogP contribution in [-0.4, -0.2) is 33.9 Å². The molecule has 0 bridgehead atoms. The second-order valence-corrected chi connectivity index (χ2v) is 11.7.